The first-order valence-electron chi connectivity index (χ1n) is 27.9. The molecule has 2 heteroatoms. The predicted molar refractivity (Wildman–Crippen MR) is 347 cm³/mol. The molecule has 382 valence electrons. The van der Waals surface area contributed by atoms with Gasteiger partial charge in [0.15, 0.2) is 0 Å². The Morgan fingerprint density at radius 2 is 0.588 bits per heavy atom. The second-order valence-corrected chi connectivity index (χ2v) is 24.8. The van der Waals surface area contributed by atoms with Crippen LogP contribution in [0.3, 0.4) is 0 Å². The summed E-state index contributed by atoms with van der Waals surface area (Å²) in [7, 11) is -1.39. The number of hydrogen-bond acceptors (Lipinski definition) is 0. The maximum atomic E-state index is 2.51. The third kappa shape index (κ3) is 8.43. The van der Waals surface area contributed by atoms with Crippen LogP contribution in [0.1, 0.15) is 13.8 Å². The lowest BCUT2D eigenvalue weighted by molar-refractivity contribution is 1.16. The second-order valence-electron chi connectivity index (χ2n) is 21.2. The van der Waals surface area contributed by atoms with E-state index in [1.165, 1.54) is 148 Å². The Balaban J connectivity index is 0.00000285. The van der Waals surface area contributed by atoms with Crippen molar-refractivity contribution in [1.82, 2.24) is 4.57 Å². The molecule has 1 aromatic heterocycles. The first-order chi connectivity index (χ1) is 39.4. The van der Waals surface area contributed by atoms with E-state index in [2.05, 4.69) is 302 Å². The molecule has 0 saturated carbocycles. The minimum atomic E-state index is -1.39. The van der Waals surface area contributed by atoms with Crippen molar-refractivity contribution in [3.63, 3.8) is 0 Å². The highest BCUT2D eigenvalue weighted by molar-refractivity contribution is 8.33. The van der Waals surface area contributed by atoms with Crippen LogP contribution in [-0.2, 0) is 0 Å². The number of benzene rings is 13. The van der Waals surface area contributed by atoms with E-state index < -0.39 is 10.0 Å². The Bertz CT molecular complexity index is 4440. The van der Waals surface area contributed by atoms with E-state index in [9.17, 15) is 0 Å². The van der Waals surface area contributed by atoms with Gasteiger partial charge >= 0.3 is 0 Å². The molecule has 0 radical (unpaired) electrons. The van der Waals surface area contributed by atoms with E-state index in [1.807, 2.05) is 13.8 Å². The highest BCUT2D eigenvalue weighted by atomic mass is 32.3. The minimum Gasteiger partial charge on any atom is -0.309 e. The van der Waals surface area contributed by atoms with Gasteiger partial charge in [-0.15, -0.1) is 0 Å². The van der Waals surface area contributed by atoms with Crippen molar-refractivity contribution in [3.8, 4) is 94.7 Å². The number of nitrogens with zero attached hydrogens (tertiary/aromatic N) is 1. The molecule has 0 spiro atoms. The zero-order chi connectivity index (χ0) is 53.9. The van der Waals surface area contributed by atoms with E-state index in [0.29, 0.717) is 0 Å². The van der Waals surface area contributed by atoms with Gasteiger partial charge in [0.1, 0.15) is 0 Å². The third-order valence-corrected chi connectivity index (χ3v) is 19.4. The van der Waals surface area contributed by atoms with Crippen molar-refractivity contribution in [2.75, 3.05) is 12.5 Å². The smallest absolute Gasteiger partial charge is 0.0541 e. The van der Waals surface area contributed by atoms with E-state index in [-0.39, 0.29) is 0 Å². The Kier molecular flexibility index (Phi) is 12.3. The van der Waals surface area contributed by atoms with Gasteiger partial charge in [0.2, 0.25) is 0 Å². The van der Waals surface area contributed by atoms with Crippen LogP contribution in [0.25, 0.3) is 138 Å². The van der Waals surface area contributed by atoms with E-state index in [4.69, 9.17) is 0 Å². The molecule has 14 aromatic rings. The van der Waals surface area contributed by atoms with Crippen LogP contribution in [0.15, 0.2) is 295 Å². The molecule has 0 amide bonds. The molecule has 2 heterocycles. The van der Waals surface area contributed by atoms with Crippen LogP contribution in [0, 0.1) is 0 Å². The summed E-state index contributed by atoms with van der Waals surface area (Å²) in [6, 6.07) is 106. The van der Waals surface area contributed by atoms with Crippen molar-refractivity contribution in [1.29, 1.82) is 0 Å². The zero-order valence-electron chi connectivity index (χ0n) is 45.5. The summed E-state index contributed by atoms with van der Waals surface area (Å²) in [4.78, 5) is 2.88. The molecule has 0 aliphatic carbocycles. The van der Waals surface area contributed by atoms with Crippen LogP contribution >= 0.6 is 10.0 Å². The molecule has 0 fully saturated rings. The van der Waals surface area contributed by atoms with Gasteiger partial charge in [-0.2, -0.15) is 10.0 Å². The van der Waals surface area contributed by atoms with Crippen LogP contribution in [0.5, 0.6) is 0 Å². The average molecular weight is 1040 g/mol. The molecule has 15 rings (SSSR count). The van der Waals surface area contributed by atoms with Gasteiger partial charge < -0.3 is 4.57 Å². The van der Waals surface area contributed by atoms with Crippen molar-refractivity contribution >= 4 is 53.4 Å². The number of rotatable bonds is 8. The maximum Gasteiger partial charge on any atom is 0.0541 e. The zero-order valence-corrected chi connectivity index (χ0v) is 46.3. The molecule has 80 heavy (non-hydrogen) atoms. The monoisotopic (exact) mass is 1040 g/mol. The summed E-state index contributed by atoms with van der Waals surface area (Å²) in [6.07, 6.45) is 4.98. The van der Waals surface area contributed by atoms with Gasteiger partial charge in [-0.25, -0.2) is 0 Å². The normalized spacial score (nSPS) is 12.8. The van der Waals surface area contributed by atoms with Gasteiger partial charge in [-0.05, 0) is 172 Å². The number of hydrogen-bond donors (Lipinski definition) is 0. The number of fused-ring (bicyclic) bond motifs is 9. The summed E-state index contributed by atoms with van der Waals surface area (Å²) < 4.78 is 2.51. The molecule has 0 N–H and O–H groups in total. The van der Waals surface area contributed by atoms with Crippen LogP contribution in [0.4, 0.5) is 0 Å². The molecule has 13 aromatic carbocycles. The molecule has 0 atom stereocenters. The third-order valence-electron chi connectivity index (χ3n) is 16.5. The van der Waals surface area contributed by atoms with Crippen molar-refractivity contribution in [2.24, 2.45) is 0 Å². The molecule has 1 nitrogen and oxygen atoms in total. The van der Waals surface area contributed by atoms with Gasteiger partial charge in [0, 0.05) is 26.3 Å². The first kappa shape index (κ1) is 48.9. The summed E-state index contributed by atoms with van der Waals surface area (Å²) in [6.45, 7) is 4.00. The lowest BCUT2D eigenvalue weighted by atomic mass is 9.92. The Morgan fingerprint density at radius 1 is 0.237 bits per heavy atom. The van der Waals surface area contributed by atoms with E-state index in [0.717, 1.165) is 0 Å². The fourth-order valence-electron chi connectivity index (χ4n) is 12.4. The highest BCUT2D eigenvalue weighted by Crippen LogP contribution is 2.68. The molecule has 0 unspecified atom stereocenters. The molecule has 1 aliphatic heterocycles. The minimum absolute atomic E-state index is 1.19. The maximum absolute atomic E-state index is 2.51. The van der Waals surface area contributed by atoms with Gasteiger partial charge in [-0.3, -0.25) is 0 Å². The van der Waals surface area contributed by atoms with E-state index >= 15 is 0 Å². The van der Waals surface area contributed by atoms with Crippen LogP contribution in [0.2, 0.25) is 0 Å². The summed E-state index contributed by atoms with van der Waals surface area (Å²) in [5, 5.41) is 7.64. The van der Waals surface area contributed by atoms with Crippen LogP contribution in [-0.4, -0.2) is 17.1 Å². The predicted octanol–water partition coefficient (Wildman–Crippen LogP) is 22.2. The fourth-order valence-corrected chi connectivity index (χ4v) is 14.9. The lowest BCUT2D eigenvalue weighted by Crippen LogP contribution is -1.98. The quantitative estimate of drug-likeness (QED) is 0.134. The first-order valence-corrected chi connectivity index (χ1v) is 30.4. The van der Waals surface area contributed by atoms with Gasteiger partial charge in [0.05, 0.1) is 11.0 Å². The van der Waals surface area contributed by atoms with Gasteiger partial charge in [0.25, 0.3) is 0 Å². The van der Waals surface area contributed by atoms with Gasteiger partial charge in [-0.1, -0.05) is 250 Å². The van der Waals surface area contributed by atoms with Crippen molar-refractivity contribution < 1.29 is 0 Å². The molecular weight excluding hydrogens is 983 g/mol. The Morgan fingerprint density at radius 3 is 1.06 bits per heavy atom. The SMILES string of the molecule is CC.CS1(C)c2cc(-c3cc4ccccc4c4ccccc34)ccc2-c2ccc(-n3c4ccc(-c5ccc(-c6ccc(-c7ccccc7)cc6)cc5)cc4c4cc(-c5ccc(-c6ccc(-c7ccccc7)cc6)cc5)ccc43)cc21. The van der Waals surface area contributed by atoms with Crippen molar-refractivity contribution in [2.45, 2.75) is 23.6 Å². The Labute approximate surface area is 471 Å². The lowest BCUT2D eigenvalue weighted by Gasteiger charge is -2.29. The van der Waals surface area contributed by atoms with Crippen LogP contribution < -0.4 is 0 Å². The Hall–Kier alpha value is -9.47. The largest absolute Gasteiger partial charge is 0.309 e. The molecule has 0 saturated heterocycles. The number of aromatic nitrogens is 1. The van der Waals surface area contributed by atoms with E-state index in [1.54, 1.807) is 0 Å². The molecular formula is C78H59NS. The summed E-state index contributed by atoms with van der Waals surface area (Å²) in [5.41, 5.74) is 23.4. The fraction of sp³-hybridized carbons (Fsp3) is 0.0513. The topological polar surface area (TPSA) is 4.93 Å². The average Bonchev–Trinajstić information content (AvgIpc) is 4.18. The summed E-state index contributed by atoms with van der Waals surface area (Å²) >= 11 is 0. The second kappa shape index (κ2) is 20.1. The van der Waals surface area contributed by atoms with Crippen molar-refractivity contribution in [3.05, 3.63) is 285 Å². The highest BCUT2D eigenvalue weighted by Gasteiger charge is 2.33. The summed E-state index contributed by atoms with van der Waals surface area (Å²) in [5.74, 6) is 0. The standard InChI is InChI=1S/C76H53NS.C2H6/c1-78(2)75-48-63(70-47-62-17-9-10-18-65(62)66-19-11-12-20-67(66)70)37-41-68(75)69-42-40-64(49-76(69)78)77-73-43-38-60(58-33-29-56(30-34-58)54-25-21-52(22-26-54)50-13-5-3-6-14-50)45-71(73)72-46-61(39-44-74(72)77)59-35-31-57(32-36-59)55-27-23-53(24-28-55)51-15-7-4-8-16-51;1-2/h3-49H,1-2H3;1-2H3. The molecule has 1 aliphatic rings. The molecule has 0 bridgehead atoms.